The predicted octanol–water partition coefficient (Wildman–Crippen LogP) is 0.529. The van der Waals surface area contributed by atoms with E-state index in [9.17, 15) is 4.79 Å². The quantitative estimate of drug-likeness (QED) is 0.772. The second-order valence-corrected chi connectivity index (χ2v) is 4.25. The smallest absolute Gasteiger partial charge is 0.180 e. The van der Waals surface area contributed by atoms with Crippen molar-refractivity contribution in [1.82, 2.24) is 4.90 Å². The maximum absolute atomic E-state index is 12.0. The molecule has 0 aromatic heterocycles. The molecule has 1 saturated heterocycles. The Hall–Kier alpha value is -1.23. The number of nitrogens with two attached hydrogens (primary N) is 1. The SMILES string of the molecule is NC(CN1CCOCC1)C(=O)c1ccccc1. The number of morpholine rings is 1. The highest BCUT2D eigenvalue weighted by atomic mass is 16.5. The third-order valence-electron chi connectivity index (χ3n) is 2.95. The first-order valence-corrected chi connectivity index (χ1v) is 5.92. The molecule has 1 atom stereocenters. The fourth-order valence-electron chi connectivity index (χ4n) is 1.96. The Labute approximate surface area is 101 Å². The molecule has 1 aromatic carbocycles. The monoisotopic (exact) mass is 234 g/mol. The van der Waals surface area contributed by atoms with Crippen molar-refractivity contribution in [2.24, 2.45) is 5.73 Å². The molecule has 0 saturated carbocycles. The largest absolute Gasteiger partial charge is 0.379 e. The van der Waals surface area contributed by atoms with Crippen molar-refractivity contribution in [3.63, 3.8) is 0 Å². The van der Waals surface area contributed by atoms with Gasteiger partial charge in [0.15, 0.2) is 5.78 Å². The van der Waals surface area contributed by atoms with Gasteiger partial charge in [-0.15, -0.1) is 0 Å². The van der Waals surface area contributed by atoms with Gasteiger partial charge in [-0.2, -0.15) is 0 Å². The van der Waals surface area contributed by atoms with E-state index in [1.165, 1.54) is 0 Å². The highest BCUT2D eigenvalue weighted by molar-refractivity contribution is 6.00. The maximum atomic E-state index is 12.0. The second-order valence-electron chi connectivity index (χ2n) is 4.25. The van der Waals surface area contributed by atoms with Crippen LogP contribution in [0.2, 0.25) is 0 Å². The van der Waals surface area contributed by atoms with E-state index >= 15 is 0 Å². The molecule has 92 valence electrons. The summed E-state index contributed by atoms with van der Waals surface area (Å²) in [7, 11) is 0. The summed E-state index contributed by atoms with van der Waals surface area (Å²) in [5, 5.41) is 0. The Morgan fingerprint density at radius 1 is 1.29 bits per heavy atom. The molecule has 1 aromatic rings. The van der Waals surface area contributed by atoms with E-state index in [2.05, 4.69) is 4.90 Å². The van der Waals surface area contributed by atoms with E-state index in [1.807, 2.05) is 30.3 Å². The maximum Gasteiger partial charge on any atom is 0.180 e. The van der Waals surface area contributed by atoms with Crippen molar-refractivity contribution in [2.75, 3.05) is 32.8 Å². The summed E-state index contributed by atoms with van der Waals surface area (Å²) in [5.74, 6) is 0.0112. The van der Waals surface area contributed by atoms with Crippen molar-refractivity contribution in [2.45, 2.75) is 6.04 Å². The molecule has 4 heteroatoms. The Balaban J connectivity index is 1.91. The first-order chi connectivity index (χ1) is 8.27. The molecule has 0 bridgehead atoms. The van der Waals surface area contributed by atoms with Crippen LogP contribution in [-0.4, -0.2) is 49.6 Å². The van der Waals surface area contributed by atoms with E-state index in [0.29, 0.717) is 12.1 Å². The molecular weight excluding hydrogens is 216 g/mol. The molecule has 1 heterocycles. The van der Waals surface area contributed by atoms with Crippen LogP contribution in [0.5, 0.6) is 0 Å². The number of carbonyl (C=O) groups excluding carboxylic acids is 1. The summed E-state index contributed by atoms with van der Waals surface area (Å²) in [6.07, 6.45) is 0. The van der Waals surface area contributed by atoms with Gasteiger partial charge >= 0.3 is 0 Å². The van der Waals surface area contributed by atoms with Gasteiger partial charge < -0.3 is 10.5 Å². The molecule has 0 radical (unpaired) electrons. The zero-order valence-corrected chi connectivity index (χ0v) is 9.84. The first kappa shape index (κ1) is 12.2. The van der Waals surface area contributed by atoms with E-state index in [1.54, 1.807) is 0 Å². The molecule has 1 unspecified atom stereocenters. The lowest BCUT2D eigenvalue weighted by atomic mass is 10.0. The highest BCUT2D eigenvalue weighted by Gasteiger charge is 2.20. The molecule has 1 aliphatic rings. The third kappa shape index (κ3) is 3.36. The minimum Gasteiger partial charge on any atom is -0.379 e. The van der Waals surface area contributed by atoms with Crippen molar-refractivity contribution in [3.05, 3.63) is 35.9 Å². The van der Waals surface area contributed by atoms with Crippen LogP contribution >= 0.6 is 0 Å². The van der Waals surface area contributed by atoms with Crippen molar-refractivity contribution in [3.8, 4) is 0 Å². The molecular formula is C13H18N2O2. The summed E-state index contributed by atoms with van der Waals surface area (Å²) >= 11 is 0. The number of nitrogens with zero attached hydrogens (tertiary/aromatic N) is 1. The fraction of sp³-hybridized carbons (Fsp3) is 0.462. The topological polar surface area (TPSA) is 55.6 Å². The van der Waals surface area contributed by atoms with Crippen LogP contribution in [-0.2, 0) is 4.74 Å². The van der Waals surface area contributed by atoms with E-state index in [0.717, 1.165) is 26.3 Å². The number of hydrogen-bond acceptors (Lipinski definition) is 4. The fourth-order valence-corrected chi connectivity index (χ4v) is 1.96. The standard InChI is InChI=1S/C13H18N2O2/c14-12(10-15-6-8-17-9-7-15)13(16)11-4-2-1-3-5-11/h1-5,12H,6-10,14H2. The van der Waals surface area contributed by atoms with Gasteiger partial charge in [-0.1, -0.05) is 30.3 Å². The number of rotatable bonds is 4. The predicted molar refractivity (Wildman–Crippen MR) is 66.0 cm³/mol. The van der Waals surface area contributed by atoms with E-state index in [-0.39, 0.29) is 5.78 Å². The first-order valence-electron chi connectivity index (χ1n) is 5.92. The van der Waals surface area contributed by atoms with Crippen LogP contribution in [0.1, 0.15) is 10.4 Å². The van der Waals surface area contributed by atoms with Crippen LogP contribution in [0, 0.1) is 0 Å². The number of carbonyl (C=O) groups is 1. The van der Waals surface area contributed by atoms with Crippen molar-refractivity contribution >= 4 is 5.78 Å². The Morgan fingerprint density at radius 3 is 2.59 bits per heavy atom. The van der Waals surface area contributed by atoms with Gasteiger partial charge in [0.25, 0.3) is 0 Å². The van der Waals surface area contributed by atoms with Crippen molar-refractivity contribution < 1.29 is 9.53 Å². The minimum atomic E-state index is -0.449. The Morgan fingerprint density at radius 2 is 1.94 bits per heavy atom. The van der Waals surface area contributed by atoms with Crippen LogP contribution in [0.25, 0.3) is 0 Å². The molecule has 1 aliphatic heterocycles. The highest BCUT2D eigenvalue weighted by Crippen LogP contribution is 2.05. The van der Waals surface area contributed by atoms with E-state index in [4.69, 9.17) is 10.5 Å². The van der Waals surface area contributed by atoms with Gasteiger partial charge in [-0.3, -0.25) is 9.69 Å². The molecule has 4 nitrogen and oxygen atoms in total. The second kappa shape index (κ2) is 5.91. The number of ether oxygens (including phenoxy) is 1. The molecule has 0 aliphatic carbocycles. The van der Waals surface area contributed by atoms with Crippen LogP contribution < -0.4 is 5.73 Å². The number of hydrogen-bond donors (Lipinski definition) is 1. The summed E-state index contributed by atoms with van der Waals surface area (Å²) in [6, 6.07) is 8.77. The molecule has 0 spiro atoms. The summed E-state index contributed by atoms with van der Waals surface area (Å²) in [5.41, 5.74) is 6.64. The molecule has 0 amide bonds. The number of Topliss-reactive ketones (excluding diaryl/α,β-unsaturated/α-hetero) is 1. The van der Waals surface area contributed by atoms with Gasteiger partial charge in [-0.25, -0.2) is 0 Å². The lowest BCUT2D eigenvalue weighted by molar-refractivity contribution is 0.0348. The zero-order valence-electron chi connectivity index (χ0n) is 9.84. The van der Waals surface area contributed by atoms with Gasteiger partial charge in [0.05, 0.1) is 19.3 Å². The zero-order chi connectivity index (χ0) is 12.1. The average molecular weight is 234 g/mol. The lowest BCUT2D eigenvalue weighted by Crippen LogP contribution is -2.46. The molecule has 2 N–H and O–H groups in total. The minimum absolute atomic E-state index is 0.0112. The Kier molecular flexibility index (Phi) is 4.25. The summed E-state index contributed by atoms with van der Waals surface area (Å²) in [4.78, 5) is 14.2. The van der Waals surface area contributed by atoms with Gasteiger partial charge in [-0.05, 0) is 0 Å². The van der Waals surface area contributed by atoms with Crippen molar-refractivity contribution in [1.29, 1.82) is 0 Å². The lowest BCUT2D eigenvalue weighted by Gasteiger charge is -2.28. The Bertz CT molecular complexity index is 361. The van der Waals surface area contributed by atoms with E-state index < -0.39 is 6.04 Å². The van der Waals surface area contributed by atoms with Crippen LogP contribution in [0.15, 0.2) is 30.3 Å². The third-order valence-corrected chi connectivity index (χ3v) is 2.95. The number of ketones is 1. The summed E-state index contributed by atoms with van der Waals surface area (Å²) in [6.45, 7) is 3.78. The van der Waals surface area contributed by atoms with Gasteiger partial charge in [0.1, 0.15) is 0 Å². The molecule has 2 rings (SSSR count). The van der Waals surface area contributed by atoms with Gasteiger partial charge in [0.2, 0.25) is 0 Å². The number of benzene rings is 1. The average Bonchev–Trinajstić information content (AvgIpc) is 2.40. The molecule has 1 fully saturated rings. The van der Waals surface area contributed by atoms with Crippen LogP contribution in [0.4, 0.5) is 0 Å². The molecule has 17 heavy (non-hydrogen) atoms. The normalized spacial score (nSPS) is 18.9. The van der Waals surface area contributed by atoms with Crippen LogP contribution in [0.3, 0.4) is 0 Å². The van der Waals surface area contributed by atoms with Gasteiger partial charge in [0, 0.05) is 25.2 Å². The summed E-state index contributed by atoms with van der Waals surface area (Å²) < 4.78 is 5.26.